The molecule has 2 aromatic rings. The number of thiazole rings is 1. The van der Waals surface area contributed by atoms with Crippen LogP contribution in [-0.2, 0) is 20.0 Å². The Morgan fingerprint density at radius 1 is 1.50 bits per heavy atom. The lowest BCUT2D eigenvalue weighted by molar-refractivity contribution is 0.461. The van der Waals surface area contributed by atoms with Crippen molar-refractivity contribution in [2.24, 2.45) is 12.0 Å². The summed E-state index contributed by atoms with van der Waals surface area (Å²) in [4.78, 5) is 11.0. The van der Waals surface area contributed by atoms with Crippen molar-refractivity contribution in [3.63, 3.8) is 0 Å². The number of hydrogen-bond donors (Lipinski definition) is 1. The molecule has 2 aromatic heterocycles. The van der Waals surface area contributed by atoms with Crippen molar-refractivity contribution in [2.45, 2.75) is 26.3 Å². The third-order valence-corrected chi connectivity index (χ3v) is 4.57. The second kappa shape index (κ2) is 7.98. The van der Waals surface area contributed by atoms with Gasteiger partial charge in [0.2, 0.25) is 0 Å². The number of aryl methyl sites for hydroxylation is 3. The maximum Gasteiger partial charge on any atom is 0.193 e. The summed E-state index contributed by atoms with van der Waals surface area (Å²) in [5, 5.41) is 6.74. The minimum absolute atomic E-state index is 0.842. The standard InChI is InChI=1S/C16H25N5S/c1-13-12-22-15(19-13)8-5-9-18-16(17-2)21(4)11-14-7-6-10-20(14)3/h6-7,10,12H,5,8-9,11H2,1-4H3,(H,17,18). The van der Waals surface area contributed by atoms with Gasteiger partial charge in [-0.15, -0.1) is 11.3 Å². The molecule has 0 aliphatic rings. The van der Waals surface area contributed by atoms with E-state index in [1.54, 1.807) is 11.3 Å². The first-order valence-corrected chi connectivity index (χ1v) is 8.41. The number of guanidine groups is 1. The largest absolute Gasteiger partial charge is 0.356 e. The van der Waals surface area contributed by atoms with E-state index in [1.807, 2.05) is 14.0 Å². The van der Waals surface area contributed by atoms with Gasteiger partial charge in [0.1, 0.15) is 0 Å². The molecular weight excluding hydrogens is 294 g/mol. The van der Waals surface area contributed by atoms with Gasteiger partial charge in [-0.3, -0.25) is 4.99 Å². The predicted molar refractivity (Wildman–Crippen MR) is 93.4 cm³/mol. The molecule has 6 heteroatoms. The Morgan fingerprint density at radius 3 is 2.91 bits per heavy atom. The lowest BCUT2D eigenvalue weighted by Crippen LogP contribution is -2.39. The molecule has 0 radical (unpaired) electrons. The van der Waals surface area contributed by atoms with E-state index in [9.17, 15) is 0 Å². The summed E-state index contributed by atoms with van der Waals surface area (Å²) in [6.45, 7) is 3.79. The van der Waals surface area contributed by atoms with Crippen molar-refractivity contribution >= 4 is 17.3 Å². The number of rotatable bonds is 6. The smallest absolute Gasteiger partial charge is 0.193 e. The Hall–Kier alpha value is -1.82. The summed E-state index contributed by atoms with van der Waals surface area (Å²) >= 11 is 1.74. The van der Waals surface area contributed by atoms with Gasteiger partial charge in [0.25, 0.3) is 0 Å². The molecule has 0 unspecified atom stereocenters. The van der Waals surface area contributed by atoms with E-state index in [4.69, 9.17) is 0 Å². The zero-order valence-corrected chi connectivity index (χ0v) is 14.7. The van der Waals surface area contributed by atoms with Crippen LogP contribution < -0.4 is 5.32 Å². The van der Waals surface area contributed by atoms with Crippen molar-refractivity contribution in [3.05, 3.63) is 40.1 Å². The summed E-state index contributed by atoms with van der Waals surface area (Å²) in [7, 11) is 5.95. The van der Waals surface area contributed by atoms with Crippen LogP contribution in [0.4, 0.5) is 0 Å². The first-order valence-electron chi connectivity index (χ1n) is 7.53. The van der Waals surface area contributed by atoms with Crippen LogP contribution in [0.2, 0.25) is 0 Å². The lowest BCUT2D eigenvalue weighted by atomic mass is 10.3. The summed E-state index contributed by atoms with van der Waals surface area (Å²) < 4.78 is 2.13. The SMILES string of the molecule is CN=C(NCCCc1nc(C)cs1)N(C)Cc1cccn1C. The Kier molecular flexibility index (Phi) is 6.00. The number of aromatic nitrogens is 2. The van der Waals surface area contributed by atoms with Crippen LogP contribution in [0.15, 0.2) is 28.7 Å². The van der Waals surface area contributed by atoms with Crippen LogP contribution in [0.25, 0.3) is 0 Å². The molecule has 22 heavy (non-hydrogen) atoms. The van der Waals surface area contributed by atoms with Crippen LogP contribution in [0.1, 0.15) is 22.8 Å². The molecule has 0 aliphatic carbocycles. The molecule has 5 nitrogen and oxygen atoms in total. The Bertz CT molecular complexity index is 614. The molecule has 0 fully saturated rings. The van der Waals surface area contributed by atoms with Gasteiger partial charge in [-0.25, -0.2) is 4.98 Å². The fourth-order valence-electron chi connectivity index (χ4n) is 2.32. The van der Waals surface area contributed by atoms with Gasteiger partial charge in [-0.05, 0) is 25.5 Å². The number of aliphatic imine (C=N–C) groups is 1. The van der Waals surface area contributed by atoms with E-state index >= 15 is 0 Å². The molecule has 0 aliphatic heterocycles. The monoisotopic (exact) mass is 319 g/mol. The quantitative estimate of drug-likeness (QED) is 0.505. The van der Waals surface area contributed by atoms with Crippen molar-refractivity contribution in [1.82, 2.24) is 19.8 Å². The molecule has 0 saturated carbocycles. The van der Waals surface area contributed by atoms with E-state index in [0.717, 1.165) is 37.6 Å². The van der Waals surface area contributed by atoms with Gasteiger partial charge in [-0.2, -0.15) is 0 Å². The summed E-state index contributed by atoms with van der Waals surface area (Å²) in [6, 6.07) is 4.20. The van der Waals surface area contributed by atoms with Gasteiger partial charge < -0.3 is 14.8 Å². The van der Waals surface area contributed by atoms with Crippen LogP contribution in [0.3, 0.4) is 0 Å². The Morgan fingerprint density at radius 2 is 2.32 bits per heavy atom. The molecule has 0 saturated heterocycles. The minimum Gasteiger partial charge on any atom is -0.356 e. The first kappa shape index (κ1) is 16.5. The maximum atomic E-state index is 4.49. The first-order chi connectivity index (χ1) is 10.6. The maximum absolute atomic E-state index is 4.49. The second-order valence-electron chi connectivity index (χ2n) is 5.43. The number of hydrogen-bond acceptors (Lipinski definition) is 3. The molecule has 2 heterocycles. The average molecular weight is 319 g/mol. The zero-order valence-electron chi connectivity index (χ0n) is 13.8. The summed E-state index contributed by atoms with van der Waals surface area (Å²) in [6.07, 6.45) is 4.14. The van der Waals surface area contributed by atoms with E-state index in [0.29, 0.717) is 0 Å². The highest BCUT2D eigenvalue weighted by Gasteiger charge is 2.08. The third kappa shape index (κ3) is 4.59. The Labute approximate surface area is 136 Å². The van der Waals surface area contributed by atoms with E-state index < -0.39 is 0 Å². The third-order valence-electron chi connectivity index (χ3n) is 3.54. The molecule has 0 atom stereocenters. The molecule has 0 amide bonds. The van der Waals surface area contributed by atoms with Crippen LogP contribution in [-0.4, -0.2) is 41.1 Å². The van der Waals surface area contributed by atoms with Crippen LogP contribution in [0.5, 0.6) is 0 Å². The molecule has 0 bridgehead atoms. The highest BCUT2D eigenvalue weighted by atomic mass is 32.1. The summed E-state index contributed by atoms with van der Waals surface area (Å²) in [5.41, 5.74) is 2.38. The van der Waals surface area contributed by atoms with Gasteiger partial charge in [-0.1, -0.05) is 0 Å². The van der Waals surface area contributed by atoms with E-state index in [2.05, 4.69) is 62.6 Å². The molecule has 120 valence electrons. The van der Waals surface area contributed by atoms with Gasteiger partial charge in [0.15, 0.2) is 5.96 Å². The highest BCUT2D eigenvalue weighted by molar-refractivity contribution is 7.09. The van der Waals surface area contributed by atoms with Gasteiger partial charge >= 0.3 is 0 Å². The van der Waals surface area contributed by atoms with Crippen LogP contribution in [0, 0.1) is 6.92 Å². The molecule has 0 spiro atoms. The minimum atomic E-state index is 0.842. The fourth-order valence-corrected chi connectivity index (χ4v) is 3.14. The van der Waals surface area contributed by atoms with E-state index in [1.165, 1.54) is 10.7 Å². The highest BCUT2D eigenvalue weighted by Crippen LogP contribution is 2.10. The van der Waals surface area contributed by atoms with Gasteiger partial charge in [0.05, 0.1) is 11.6 Å². The van der Waals surface area contributed by atoms with Crippen LogP contribution >= 0.6 is 11.3 Å². The Balaban J connectivity index is 1.76. The molecule has 1 N–H and O–H groups in total. The fraction of sp³-hybridized carbons (Fsp3) is 0.500. The summed E-state index contributed by atoms with van der Waals surface area (Å²) in [5.74, 6) is 0.927. The number of nitrogens with zero attached hydrogens (tertiary/aromatic N) is 4. The zero-order chi connectivity index (χ0) is 15.9. The second-order valence-corrected chi connectivity index (χ2v) is 6.37. The molecular formula is C16H25N5S. The van der Waals surface area contributed by atoms with Crippen molar-refractivity contribution in [2.75, 3.05) is 20.6 Å². The molecule has 2 rings (SSSR count). The van der Waals surface area contributed by atoms with Crippen molar-refractivity contribution < 1.29 is 0 Å². The normalized spacial score (nSPS) is 11.7. The van der Waals surface area contributed by atoms with Crippen molar-refractivity contribution in [3.8, 4) is 0 Å². The topological polar surface area (TPSA) is 45.5 Å². The number of nitrogens with one attached hydrogen (secondary N) is 1. The molecule has 0 aromatic carbocycles. The predicted octanol–water partition coefficient (Wildman–Crippen LogP) is 2.43. The lowest BCUT2D eigenvalue weighted by Gasteiger charge is -2.22. The van der Waals surface area contributed by atoms with Gasteiger partial charge in [0, 0.05) is 57.1 Å². The van der Waals surface area contributed by atoms with E-state index in [-0.39, 0.29) is 0 Å². The average Bonchev–Trinajstić information content (AvgIpc) is 3.08. The van der Waals surface area contributed by atoms with Crippen molar-refractivity contribution in [1.29, 1.82) is 0 Å².